The van der Waals surface area contributed by atoms with E-state index in [2.05, 4.69) is 15.2 Å². The molecular formula is C20H22ClN5O2. The summed E-state index contributed by atoms with van der Waals surface area (Å²) in [5, 5.41) is 8.96. The van der Waals surface area contributed by atoms with Crippen LogP contribution in [0.1, 0.15) is 53.5 Å². The first kappa shape index (κ1) is 18.7. The van der Waals surface area contributed by atoms with Crippen LogP contribution in [0.15, 0.2) is 35.0 Å². The molecule has 4 rings (SSSR count). The Bertz CT molecular complexity index is 988. The van der Waals surface area contributed by atoms with Gasteiger partial charge in [0.25, 0.3) is 5.91 Å². The van der Waals surface area contributed by atoms with E-state index in [9.17, 15) is 4.79 Å². The van der Waals surface area contributed by atoms with Crippen molar-refractivity contribution in [1.82, 2.24) is 24.8 Å². The highest BCUT2D eigenvalue weighted by Gasteiger charge is 2.29. The van der Waals surface area contributed by atoms with E-state index in [0.717, 1.165) is 24.2 Å². The van der Waals surface area contributed by atoms with Crippen LogP contribution >= 0.6 is 11.6 Å². The molecule has 0 unspecified atom stereocenters. The van der Waals surface area contributed by atoms with Gasteiger partial charge in [-0.1, -0.05) is 29.7 Å². The van der Waals surface area contributed by atoms with Gasteiger partial charge < -0.3 is 9.42 Å². The van der Waals surface area contributed by atoms with Crippen molar-refractivity contribution in [3.05, 3.63) is 58.5 Å². The molecule has 0 N–H and O–H groups in total. The standard InChI is InChI=1S/C20H22ClN5O2/c1-3-18-17(12-22-26(18)16-6-4-5-15(21)11-16)20(27)25-9-7-14(8-10-25)19-23-13(2)24-28-19/h4-6,11-12,14H,3,7-10H2,1-2H3. The number of nitrogens with zero attached hydrogens (tertiary/aromatic N) is 5. The zero-order chi connectivity index (χ0) is 19.7. The summed E-state index contributed by atoms with van der Waals surface area (Å²) in [6.07, 6.45) is 4.00. The second-order valence-electron chi connectivity index (χ2n) is 7.00. The topological polar surface area (TPSA) is 77.1 Å². The van der Waals surface area contributed by atoms with Gasteiger partial charge in [0, 0.05) is 24.0 Å². The highest BCUT2D eigenvalue weighted by molar-refractivity contribution is 6.30. The van der Waals surface area contributed by atoms with Crippen molar-refractivity contribution in [1.29, 1.82) is 0 Å². The van der Waals surface area contributed by atoms with Crippen LogP contribution < -0.4 is 0 Å². The predicted molar refractivity (Wildman–Crippen MR) is 105 cm³/mol. The minimum atomic E-state index is 0.0188. The molecular weight excluding hydrogens is 378 g/mol. The van der Waals surface area contributed by atoms with Crippen LogP contribution in [0.3, 0.4) is 0 Å². The molecule has 3 heterocycles. The fourth-order valence-corrected chi connectivity index (χ4v) is 3.89. The predicted octanol–water partition coefficient (Wildman–Crippen LogP) is 3.80. The van der Waals surface area contributed by atoms with E-state index in [1.54, 1.807) is 10.9 Å². The largest absolute Gasteiger partial charge is 0.339 e. The van der Waals surface area contributed by atoms with Gasteiger partial charge in [-0.15, -0.1) is 0 Å². The number of hydrogen-bond donors (Lipinski definition) is 0. The lowest BCUT2D eigenvalue weighted by Gasteiger charge is -2.30. The van der Waals surface area contributed by atoms with Crippen LogP contribution in [0.4, 0.5) is 0 Å². The summed E-state index contributed by atoms with van der Waals surface area (Å²) in [5.74, 6) is 1.55. The van der Waals surface area contributed by atoms with E-state index in [1.165, 1.54) is 0 Å². The van der Waals surface area contributed by atoms with E-state index in [0.29, 0.717) is 41.8 Å². The first-order valence-electron chi connectivity index (χ1n) is 9.49. The van der Waals surface area contributed by atoms with E-state index in [-0.39, 0.29) is 11.8 Å². The molecule has 8 heteroatoms. The molecule has 0 bridgehead atoms. The molecule has 0 aliphatic carbocycles. The van der Waals surface area contributed by atoms with Crippen LogP contribution in [0, 0.1) is 6.92 Å². The lowest BCUT2D eigenvalue weighted by molar-refractivity contribution is 0.0703. The van der Waals surface area contributed by atoms with Gasteiger partial charge >= 0.3 is 0 Å². The molecule has 1 aromatic carbocycles. The molecule has 146 valence electrons. The van der Waals surface area contributed by atoms with Gasteiger partial charge in [0.15, 0.2) is 5.82 Å². The van der Waals surface area contributed by atoms with Crippen molar-refractivity contribution in [3.63, 3.8) is 0 Å². The van der Waals surface area contributed by atoms with Crippen LogP contribution in [-0.4, -0.2) is 43.8 Å². The number of carbonyl (C=O) groups excluding carboxylic acids is 1. The number of carbonyl (C=O) groups is 1. The molecule has 28 heavy (non-hydrogen) atoms. The van der Waals surface area contributed by atoms with Gasteiger partial charge in [0.05, 0.1) is 23.1 Å². The zero-order valence-electron chi connectivity index (χ0n) is 15.9. The quantitative estimate of drug-likeness (QED) is 0.666. The molecule has 3 aromatic rings. The van der Waals surface area contributed by atoms with E-state index in [4.69, 9.17) is 16.1 Å². The second kappa shape index (κ2) is 7.75. The zero-order valence-corrected chi connectivity index (χ0v) is 16.7. The van der Waals surface area contributed by atoms with Crippen molar-refractivity contribution in [2.75, 3.05) is 13.1 Å². The van der Waals surface area contributed by atoms with E-state index >= 15 is 0 Å². The molecule has 1 saturated heterocycles. The van der Waals surface area contributed by atoms with Crippen molar-refractivity contribution in [3.8, 4) is 5.69 Å². The van der Waals surface area contributed by atoms with Gasteiger partial charge in [-0.2, -0.15) is 10.1 Å². The van der Waals surface area contributed by atoms with Crippen LogP contribution in [0.2, 0.25) is 5.02 Å². The lowest BCUT2D eigenvalue weighted by atomic mass is 9.96. The molecule has 7 nitrogen and oxygen atoms in total. The highest BCUT2D eigenvalue weighted by atomic mass is 35.5. The van der Waals surface area contributed by atoms with Gasteiger partial charge in [0.1, 0.15) is 0 Å². The monoisotopic (exact) mass is 399 g/mol. The Morgan fingerprint density at radius 2 is 2.11 bits per heavy atom. The second-order valence-corrected chi connectivity index (χ2v) is 7.43. The molecule has 0 radical (unpaired) electrons. The first-order valence-corrected chi connectivity index (χ1v) is 9.87. The Balaban J connectivity index is 1.51. The van der Waals surface area contributed by atoms with Gasteiger partial charge in [0.2, 0.25) is 5.89 Å². The molecule has 1 fully saturated rings. The molecule has 1 aliphatic rings. The summed E-state index contributed by atoms with van der Waals surface area (Å²) in [5.41, 5.74) is 2.39. The number of amides is 1. The maximum Gasteiger partial charge on any atom is 0.257 e. The van der Waals surface area contributed by atoms with Crippen LogP contribution in [-0.2, 0) is 6.42 Å². The molecule has 0 saturated carbocycles. The Morgan fingerprint density at radius 1 is 1.32 bits per heavy atom. The fraction of sp³-hybridized carbons (Fsp3) is 0.400. The summed E-state index contributed by atoms with van der Waals surface area (Å²) in [6, 6.07) is 7.48. The third-order valence-corrected chi connectivity index (χ3v) is 5.40. The molecule has 2 aromatic heterocycles. The van der Waals surface area contributed by atoms with Gasteiger partial charge in [-0.25, -0.2) is 4.68 Å². The number of hydrogen-bond acceptors (Lipinski definition) is 5. The minimum absolute atomic E-state index is 0.0188. The average molecular weight is 400 g/mol. The van der Waals surface area contributed by atoms with E-state index in [1.807, 2.05) is 43.0 Å². The maximum absolute atomic E-state index is 13.1. The molecule has 0 spiro atoms. The van der Waals surface area contributed by atoms with Crippen LogP contribution in [0.25, 0.3) is 5.69 Å². The SMILES string of the molecule is CCc1c(C(=O)N2CCC(c3nc(C)no3)CC2)cnn1-c1cccc(Cl)c1. The highest BCUT2D eigenvalue weighted by Crippen LogP contribution is 2.28. The molecule has 0 atom stereocenters. The lowest BCUT2D eigenvalue weighted by Crippen LogP contribution is -2.38. The minimum Gasteiger partial charge on any atom is -0.339 e. The number of halogens is 1. The summed E-state index contributed by atoms with van der Waals surface area (Å²) >= 11 is 6.11. The van der Waals surface area contributed by atoms with Gasteiger partial charge in [-0.3, -0.25) is 4.79 Å². The normalized spacial score (nSPS) is 15.2. The number of benzene rings is 1. The Hall–Kier alpha value is -2.67. The maximum atomic E-state index is 13.1. The number of likely N-dealkylation sites (tertiary alicyclic amines) is 1. The number of aromatic nitrogens is 4. The molecule has 1 amide bonds. The smallest absolute Gasteiger partial charge is 0.257 e. The van der Waals surface area contributed by atoms with Crippen molar-refractivity contribution in [2.24, 2.45) is 0 Å². The van der Waals surface area contributed by atoms with Crippen molar-refractivity contribution >= 4 is 17.5 Å². The van der Waals surface area contributed by atoms with Gasteiger partial charge in [-0.05, 0) is 44.4 Å². The number of aryl methyl sites for hydroxylation is 1. The van der Waals surface area contributed by atoms with Crippen LogP contribution in [0.5, 0.6) is 0 Å². The number of piperidine rings is 1. The Morgan fingerprint density at radius 3 is 2.75 bits per heavy atom. The summed E-state index contributed by atoms with van der Waals surface area (Å²) in [7, 11) is 0. The summed E-state index contributed by atoms with van der Waals surface area (Å²) in [4.78, 5) is 19.3. The van der Waals surface area contributed by atoms with Crippen molar-refractivity contribution < 1.29 is 9.32 Å². The van der Waals surface area contributed by atoms with E-state index < -0.39 is 0 Å². The average Bonchev–Trinajstić information content (AvgIpc) is 3.33. The summed E-state index contributed by atoms with van der Waals surface area (Å²) < 4.78 is 7.09. The third-order valence-electron chi connectivity index (χ3n) is 5.16. The third kappa shape index (κ3) is 3.54. The Labute approximate surface area is 168 Å². The summed E-state index contributed by atoms with van der Waals surface area (Å²) in [6.45, 7) is 5.17. The van der Waals surface area contributed by atoms with Crippen molar-refractivity contribution in [2.45, 2.75) is 39.0 Å². The fourth-order valence-electron chi connectivity index (χ4n) is 3.70. The Kier molecular flexibility index (Phi) is 5.17. The first-order chi connectivity index (χ1) is 13.6. The molecule has 1 aliphatic heterocycles. The number of rotatable bonds is 4.